The minimum absolute atomic E-state index is 0.256. The summed E-state index contributed by atoms with van der Waals surface area (Å²) in [6.07, 6.45) is 5.07. The summed E-state index contributed by atoms with van der Waals surface area (Å²) in [4.78, 5) is 15.5. The van der Waals surface area contributed by atoms with Gasteiger partial charge >= 0.3 is 5.97 Å². The number of hydrogen-bond donors (Lipinski definition) is 2. The molecule has 0 bridgehead atoms. The van der Waals surface area contributed by atoms with Crippen molar-refractivity contribution in [2.24, 2.45) is 0 Å². The van der Waals surface area contributed by atoms with E-state index in [0.29, 0.717) is 18.9 Å². The van der Waals surface area contributed by atoms with Gasteiger partial charge in [0.25, 0.3) is 0 Å². The lowest BCUT2D eigenvalue weighted by Gasteiger charge is -2.09. The third-order valence-electron chi connectivity index (χ3n) is 2.75. The van der Waals surface area contributed by atoms with Crippen molar-refractivity contribution in [3.8, 4) is 0 Å². The maximum Gasteiger partial charge on any atom is 0.335 e. The van der Waals surface area contributed by atoms with E-state index in [2.05, 4.69) is 20.6 Å². The molecular weight excluding hydrogens is 258 g/mol. The van der Waals surface area contributed by atoms with Crippen LogP contribution in [0.4, 0.5) is 5.82 Å². The predicted octanol–water partition coefficient (Wildman–Crippen LogP) is 1.44. The highest BCUT2D eigenvalue weighted by Gasteiger charge is 2.08. The van der Waals surface area contributed by atoms with Crippen LogP contribution in [0.15, 0.2) is 24.5 Å². The van der Waals surface area contributed by atoms with Gasteiger partial charge in [0.15, 0.2) is 0 Å². The van der Waals surface area contributed by atoms with Gasteiger partial charge in [0.2, 0.25) is 0 Å². The second-order valence-electron chi connectivity index (χ2n) is 4.38. The van der Waals surface area contributed by atoms with Crippen LogP contribution >= 0.6 is 0 Å². The molecule has 106 valence electrons. The summed E-state index contributed by atoms with van der Waals surface area (Å²) in [5.41, 5.74) is 1.04. The first-order valence-electron chi connectivity index (χ1n) is 6.51. The second kappa shape index (κ2) is 6.65. The number of carbonyl (C=O) groups is 1. The van der Waals surface area contributed by atoms with E-state index in [1.807, 2.05) is 6.92 Å². The van der Waals surface area contributed by atoms with Gasteiger partial charge in [-0.25, -0.2) is 9.78 Å². The number of carboxylic acid groups (broad SMARTS) is 1. The van der Waals surface area contributed by atoms with Crippen molar-refractivity contribution in [3.05, 3.63) is 35.8 Å². The average Bonchev–Trinajstić information content (AvgIpc) is 2.92. The zero-order valence-corrected chi connectivity index (χ0v) is 11.3. The van der Waals surface area contributed by atoms with E-state index in [1.54, 1.807) is 29.2 Å². The fourth-order valence-corrected chi connectivity index (χ4v) is 1.84. The first-order valence-corrected chi connectivity index (χ1v) is 6.51. The number of nitrogens with zero attached hydrogens (tertiary/aromatic N) is 4. The van der Waals surface area contributed by atoms with Gasteiger partial charge < -0.3 is 10.4 Å². The maximum atomic E-state index is 11.1. The summed E-state index contributed by atoms with van der Waals surface area (Å²) < 4.78 is 1.70. The number of pyridine rings is 1. The molecule has 0 radical (unpaired) electrons. The van der Waals surface area contributed by atoms with E-state index < -0.39 is 5.97 Å². The molecule has 0 saturated heterocycles. The molecule has 0 atom stereocenters. The fourth-order valence-electron chi connectivity index (χ4n) is 1.84. The zero-order chi connectivity index (χ0) is 14.4. The Hall–Kier alpha value is -2.44. The highest BCUT2D eigenvalue weighted by Crippen LogP contribution is 2.12. The molecule has 0 aliphatic carbocycles. The Kier molecular flexibility index (Phi) is 4.65. The number of aromatic nitrogens is 4. The third-order valence-corrected chi connectivity index (χ3v) is 2.75. The van der Waals surface area contributed by atoms with Gasteiger partial charge in [-0.1, -0.05) is 18.6 Å². The molecule has 2 rings (SSSR count). The second-order valence-corrected chi connectivity index (χ2v) is 4.38. The standard InChI is InChI=1S/C13H17N5O2/c1-2-3-11-8-10(13(19)20)9-12(16-11)14-4-6-18-7-5-15-17-18/h5,7-9H,2-4,6H2,1H3,(H,14,16)(H,19,20). The number of anilines is 1. The number of carboxylic acids is 1. The molecule has 0 amide bonds. The van der Waals surface area contributed by atoms with Gasteiger partial charge in [0, 0.05) is 18.4 Å². The van der Waals surface area contributed by atoms with Crippen LogP contribution < -0.4 is 5.32 Å². The molecule has 7 heteroatoms. The highest BCUT2D eigenvalue weighted by atomic mass is 16.4. The Morgan fingerprint density at radius 2 is 2.30 bits per heavy atom. The van der Waals surface area contributed by atoms with Crippen LogP contribution in [-0.2, 0) is 13.0 Å². The lowest BCUT2D eigenvalue weighted by molar-refractivity contribution is 0.0696. The van der Waals surface area contributed by atoms with Crippen molar-refractivity contribution in [1.29, 1.82) is 0 Å². The number of hydrogen-bond acceptors (Lipinski definition) is 5. The molecule has 0 saturated carbocycles. The Morgan fingerprint density at radius 1 is 1.45 bits per heavy atom. The Morgan fingerprint density at radius 3 is 2.95 bits per heavy atom. The normalized spacial score (nSPS) is 10.4. The minimum Gasteiger partial charge on any atom is -0.478 e. The molecule has 2 aromatic heterocycles. The third kappa shape index (κ3) is 3.78. The van der Waals surface area contributed by atoms with E-state index in [4.69, 9.17) is 5.11 Å². The quantitative estimate of drug-likeness (QED) is 0.794. The van der Waals surface area contributed by atoms with Gasteiger partial charge in [-0.05, 0) is 18.6 Å². The van der Waals surface area contributed by atoms with Crippen LogP contribution in [-0.4, -0.2) is 37.6 Å². The smallest absolute Gasteiger partial charge is 0.335 e. The number of aromatic carboxylic acids is 1. The van der Waals surface area contributed by atoms with Crippen LogP contribution in [0.5, 0.6) is 0 Å². The molecule has 0 unspecified atom stereocenters. The number of nitrogens with one attached hydrogen (secondary N) is 1. The summed E-state index contributed by atoms with van der Waals surface area (Å²) in [5, 5.41) is 19.8. The molecule has 0 fully saturated rings. The van der Waals surface area contributed by atoms with Crippen molar-refractivity contribution in [3.63, 3.8) is 0 Å². The predicted molar refractivity (Wildman–Crippen MR) is 73.7 cm³/mol. The van der Waals surface area contributed by atoms with E-state index in [0.717, 1.165) is 18.5 Å². The Labute approximate surface area is 116 Å². The zero-order valence-electron chi connectivity index (χ0n) is 11.3. The molecule has 2 aromatic rings. The summed E-state index contributed by atoms with van der Waals surface area (Å²) in [7, 11) is 0. The van der Waals surface area contributed by atoms with E-state index in [-0.39, 0.29) is 5.56 Å². The number of aryl methyl sites for hydroxylation is 1. The molecule has 2 N–H and O–H groups in total. The van der Waals surface area contributed by atoms with Gasteiger partial charge in [0.05, 0.1) is 18.3 Å². The Balaban J connectivity index is 2.03. The molecule has 0 aromatic carbocycles. The summed E-state index contributed by atoms with van der Waals surface area (Å²) >= 11 is 0. The van der Waals surface area contributed by atoms with Crippen molar-refractivity contribution in [2.45, 2.75) is 26.3 Å². The topological polar surface area (TPSA) is 92.9 Å². The summed E-state index contributed by atoms with van der Waals surface area (Å²) in [6.45, 7) is 3.28. The summed E-state index contributed by atoms with van der Waals surface area (Å²) in [6, 6.07) is 3.16. The van der Waals surface area contributed by atoms with Crippen molar-refractivity contribution >= 4 is 11.8 Å². The van der Waals surface area contributed by atoms with Crippen molar-refractivity contribution in [2.75, 3.05) is 11.9 Å². The Bertz CT molecular complexity index is 568. The van der Waals surface area contributed by atoms with Gasteiger partial charge in [-0.3, -0.25) is 4.68 Å². The largest absolute Gasteiger partial charge is 0.478 e. The molecule has 0 aliphatic rings. The molecule has 2 heterocycles. The van der Waals surface area contributed by atoms with Crippen molar-refractivity contribution < 1.29 is 9.90 Å². The molecule has 0 aliphatic heterocycles. The highest BCUT2D eigenvalue weighted by molar-refractivity contribution is 5.88. The van der Waals surface area contributed by atoms with Crippen molar-refractivity contribution in [1.82, 2.24) is 20.0 Å². The van der Waals surface area contributed by atoms with Crippen LogP contribution in [0, 0.1) is 0 Å². The minimum atomic E-state index is -0.941. The monoisotopic (exact) mass is 275 g/mol. The van der Waals surface area contributed by atoms with E-state index >= 15 is 0 Å². The molecule has 20 heavy (non-hydrogen) atoms. The fraction of sp³-hybridized carbons (Fsp3) is 0.385. The van der Waals surface area contributed by atoms with Crippen LogP contribution in [0.2, 0.25) is 0 Å². The first kappa shape index (κ1) is 14.0. The molecule has 7 nitrogen and oxygen atoms in total. The average molecular weight is 275 g/mol. The van der Waals surface area contributed by atoms with E-state index in [9.17, 15) is 4.79 Å². The van der Waals surface area contributed by atoms with Crippen LogP contribution in [0.3, 0.4) is 0 Å². The molecular formula is C13H17N5O2. The summed E-state index contributed by atoms with van der Waals surface area (Å²) in [5.74, 6) is -0.363. The van der Waals surface area contributed by atoms with Gasteiger partial charge in [-0.15, -0.1) is 5.10 Å². The SMILES string of the molecule is CCCc1cc(C(=O)O)cc(NCCn2ccnn2)n1. The van der Waals surface area contributed by atoms with E-state index in [1.165, 1.54) is 0 Å². The van der Waals surface area contributed by atoms with Gasteiger partial charge in [0.1, 0.15) is 5.82 Å². The number of rotatable bonds is 7. The van der Waals surface area contributed by atoms with Gasteiger partial charge in [-0.2, -0.15) is 0 Å². The van der Waals surface area contributed by atoms with Crippen LogP contribution in [0.1, 0.15) is 29.4 Å². The lowest BCUT2D eigenvalue weighted by Crippen LogP contribution is -2.13. The maximum absolute atomic E-state index is 11.1. The molecule has 0 spiro atoms. The first-order chi connectivity index (χ1) is 9.69. The lowest BCUT2D eigenvalue weighted by atomic mass is 10.1. The van der Waals surface area contributed by atoms with Crippen LogP contribution in [0.25, 0.3) is 0 Å².